The number of rotatable bonds is 2. The second-order valence-electron chi connectivity index (χ2n) is 7.18. The Morgan fingerprint density at radius 1 is 1.15 bits per heavy atom. The van der Waals surface area contributed by atoms with Crippen molar-refractivity contribution in [2.45, 2.75) is 58.4 Å². The van der Waals surface area contributed by atoms with Gasteiger partial charge in [0, 0.05) is 5.69 Å². The van der Waals surface area contributed by atoms with E-state index in [-0.39, 0.29) is 5.54 Å². The van der Waals surface area contributed by atoms with Gasteiger partial charge in [-0.25, -0.2) is 0 Å². The third-order valence-electron chi connectivity index (χ3n) is 4.67. The largest absolute Gasteiger partial charge is 0.367 e. The minimum atomic E-state index is -0.388. The average Bonchev–Trinajstić information content (AvgIpc) is 2.63. The molecule has 1 N–H and O–H groups in total. The number of nitrogens with one attached hydrogen (secondary N) is 1. The quantitative estimate of drug-likeness (QED) is 0.769. The molecule has 1 aliphatic carbocycles. The van der Waals surface area contributed by atoms with Gasteiger partial charge in [0.15, 0.2) is 0 Å². The Bertz CT molecular complexity index is 466. The fourth-order valence-corrected chi connectivity index (χ4v) is 3.27. The van der Waals surface area contributed by atoms with E-state index >= 15 is 0 Å². The summed E-state index contributed by atoms with van der Waals surface area (Å²) in [5, 5.41) is 13.2. The maximum Gasteiger partial charge on any atom is 0.125 e. The van der Waals surface area contributed by atoms with Gasteiger partial charge in [0.1, 0.15) is 5.54 Å². The summed E-state index contributed by atoms with van der Waals surface area (Å²) in [5.74, 6) is 0.718. The zero-order valence-corrected chi connectivity index (χ0v) is 12.9. The highest BCUT2D eigenvalue weighted by atomic mass is 15.0. The summed E-state index contributed by atoms with van der Waals surface area (Å²) < 4.78 is 0. The lowest BCUT2D eigenvalue weighted by Gasteiger charge is -2.31. The van der Waals surface area contributed by atoms with Crippen LogP contribution in [0, 0.1) is 22.7 Å². The molecule has 1 fully saturated rings. The van der Waals surface area contributed by atoms with Crippen LogP contribution < -0.4 is 5.32 Å². The number of hydrogen-bond donors (Lipinski definition) is 1. The van der Waals surface area contributed by atoms with Crippen LogP contribution in [-0.2, 0) is 0 Å². The molecule has 2 heteroatoms. The van der Waals surface area contributed by atoms with Crippen molar-refractivity contribution >= 4 is 5.69 Å². The topological polar surface area (TPSA) is 35.8 Å². The minimum Gasteiger partial charge on any atom is -0.367 e. The van der Waals surface area contributed by atoms with E-state index in [1.807, 2.05) is 30.3 Å². The van der Waals surface area contributed by atoms with E-state index in [4.69, 9.17) is 0 Å². The van der Waals surface area contributed by atoms with E-state index in [1.165, 1.54) is 6.42 Å². The number of anilines is 1. The van der Waals surface area contributed by atoms with Crippen molar-refractivity contribution < 1.29 is 0 Å². The van der Waals surface area contributed by atoms with Crippen molar-refractivity contribution in [3.63, 3.8) is 0 Å². The number of hydrogen-bond acceptors (Lipinski definition) is 2. The molecule has 0 aliphatic heterocycles. The molecule has 2 atom stereocenters. The molecular weight excluding hydrogens is 244 g/mol. The third kappa shape index (κ3) is 3.54. The summed E-state index contributed by atoms with van der Waals surface area (Å²) in [6, 6.07) is 12.7. The normalized spacial score (nSPS) is 27.4. The summed E-state index contributed by atoms with van der Waals surface area (Å²) in [7, 11) is 0. The van der Waals surface area contributed by atoms with E-state index in [2.05, 4.69) is 32.2 Å². The van der Waals surface area contributed by atoms with Crippen molar-refractivity contribution in [2.24, 2.45) is 11.3 Å². The smallest absolute Gasteiger partial charge is 0.125 e. The molecule has 108 valence electrons. The molecule has 20 heavy (non-hydrogen) atoms. The minimum absolute atomic E-state index is 0.346. The van der Waals surface area contributed by atoms with Crippen molar-refractivity contribution in [3.05, 3.63) is 30.3 Å². The van der Waals surface area contributed by atoms with Gasteiger partial charge in [0.2, 0.25) is 0 Å². The lowest BCUT2D eigenvalue weighted by atomic mass is 9.76. The van der Waals surface area contributed by atoms with Crippen LogP contribution in [0.3, 0.4) is 0 Å². The van der Waals surface area contributed by atoms with E-state index in [0.717, 1.165) is 37.3 Å². The molecule has 2 unspecified atom stereocenters. The summed E-state index contributed by atoms with van der Waals surface area (Å²) in [6.45, 7) is 6.96. The van der Waals surface area contributed by atoms with Crippen LogP contribution in [0.2, 0.25) is 0 Å². The Kier molecular flexibility index (Phi) is 4.38. The number of benzene rings is 1. The first kappa shape index (κ1) is 14.9. The van der Waals surface area contributed by atoms with Crippen LogP contribution in [0.1, 0.15) is 52.9 Å². The van der Waals surface area contributed by atoms with Crippen LogP contribution >= 0.6 is 0 Å². The summed E-state index contributed by atoms with van der Waals surface area (Å²) in [6.07, 6.45) is 5.40. The number of nitrogens with zero attached hydrogens (tertiary/aromatic N) is 1. The molecule has 0 amide bonds. The van der Waals surface area contributed by atoms with Gasteiger partial charge in [-0.15, -0.1) is 0 Å². The molecule has 1 aromatic rings. The Morgan fingerprint density at radius 2 is 1.85 bits per heavy atom. The summed E-state index contributed by atoms with van der Waals surface area (Å²) in [4.78, 5) is 0. The first-order valence-corrected chi connectivity index (χ1v) is 7.70. The third-order valence-corrected chi connectivity index (χ3v) is 4.67. The van der Waals surface area contributed by atoms with Crippen molar-refractivity contribution in [3.8, 4) is 6.07 Å². The monoisotopic (exact) mass is 270 g/mol. The Balaban J connectivity index is 2.11. The van der Waals surface area contributed by atoms with Crippen LogP contribution in [0.4, 0.5) is 5.69 Å². The zero-order valence-electron chi connectivity index (χ0n) is 12.9. The van der Waals surface area contributed by atoms with Gasteiger partial charge in [-0.1, -0.05) is 39.0 Å². The van der Waals surface area contributed by atoms with E-state index in [0.29, 0.717) is 5.41 Å². The van der Waals surface area contributed by atoms with Gasteiger partial charge < -0.3 is 5.32 Å². The molecule has 2 rings (SSSR count). The Hall–Kier alpha value is -1.49. The van der Waals surface area contributed by atoms with Crippen molar-refractivity contribution in [2.75, 3.05) is 5.32 Å². The van der Waals surface area contributed by atoms with Crippen LogP contribution in [-0.4, -0.2) is 5.54 Å². The first-order valence-electron chi connectivity index (χ1n) is 7.70. The molecule has 0 saturated heterocycles. The van der Waals surface area contributed by atoms with Gasteiger partial charge >= 0.3 is 0 Å². The van der Waals surface area contributed by atoms with E-state index in [9.17, 15) is 5.26 Å². The molecule has 0 radical (unpaired) electrons. The zero-order chi connectivity index (χ0) is 14.6. The maximum absolute atomic E-state index is 9.70. The molecule has 0 bridgehead atoms. The Labute approximate surface area is 123 Å². The number of para-hydroxylation sites is 1. The van der Waals surface area contributed by atoms with Crippen LogP contribution in [0.25, 0.3) is 0 Å². The lowest BCUT2D eigenvalue weighted by Crippen LogP contribution is -2.36. The average molecular weight is 270 g/mol. The van der Waals surface area contributed by atoms with Gasteiger partial charge in [-0.2, -0.15) is 5.26 Å². The predicted octanol–water partition coefficient (Wildman–Crippen LogP) is 4.99. The van der Waals surface area contributed by atoms with Gasteiger partial charge in [0.05, 0.1) is 6.07 Å². The van der Waals surface area contributed by atoms with Gasteiger partial charge in [-0.3, -0.25) is 0 Å². The maximum atomic E-state index is 9.70. The van der Waals surface area contributed by atoms with Crippen molar-refractivity contribution in [1.29, 1.82) is 5.26 Å². The molecule has 1 aromatic carbocycles. The number of nitriles is 1. The molecule has 0 heterocycles. The summed E-state index contributed by atoms with van der Waals surface area (Å²) >= 11 is 0. The second-order valence-corrected chi connectivity index (χ2v) is 7.18. The Morgan fingerprint density at radius 3 is 2.45 bits per heavy atom. The molecule has 1 saturated carbocycles. The fourth-order valence-electron chi connectivity index (χ4n) is 3.27. The van der Waals surface area contributed by atoms with Crippen LogP contribution in [0.5, 0.6) is 0 Å². The molecule has 1 aliphatic rings. The molecule has 2 nitrogen and oxygen atoms in total. The second kappa shape index (κ2) is 5.87. The van der Waals surface area contributed by atoms with Gasteiger partial charge in [-0.05, 0) is 55.6 Å². The highest BCUT2D eigenvalue weighted by Gasteiger charge is 2.36. The molecular formula is C18H26N2. The highest BCUT2D eigenvalue weighted by Crippen LogP contribution is 2.40. The van der Waals surface area contributed by atoms with Crippen molar-refractivity contribution in [1.82, 2.24) is 0 Å². The fraction of sp³-hybridized carbons (Fsp3) is 0.611. The lowest BCUT2D eigenvalue weighted by molar-refractivity contribution is 0.213. The highest BCUT2D eigenvalue weighted by molar-refractivity contribution is 5.47. The van der Waals surface area contributed by atoms with Crippen LogP contribution in [0.15, 0.2) is 30.3 Å². The summed E-state index contributed by atoms with van der Waals surface area (Å²) in [5.41, 5.74) is 1.02. The predicted molar refractivity (Wildman–Crippen MR) is 84.4 cm³/mol. The molecule has 0 spiro atoms. The van der Waals surface area contributed by atoms with E-state index in [1.54, 1.807) is 0 Å². The van der Waals surface area contributed by atoms with Gasteiger partial charge in [0.25, 0.3) is 0 Å². The van der Waals surface area contributed by atoms with E-state index < -0.39 is 0 Å². The molecule has 0 aromatic heterocycles. The SMILES string of the molecule is CC(C)(C)C1CCCC(C#N)(Nc2ccccc2)CC1. The standard InChI is InChI=1S/C18H26N2/c1-17(2,3)15-8-7-12-18(14-19,13-11-15)20-16-9-5-4-6-10-16/h4-6,9-10,15,20H,7-8,11-13H2,1-3H3. The first-order chi connectivity index (χ1) is 9.45.